The van der Waals surface area contributed by atoms with Crippen LogP contribution in [0.2, 0.25) is 3.93 Å². The zero-order chi connectivity index (χ0) is 11.7. The number of fused-ring (bicyclic) bond motifs is 1. The molecule has 2 aromatic rings. The molecule has 2 aromatic heterocycles. The number of hydrogen-bond acceptors (Lipinski definition) is 2. The molecule has 0 aliphatic carbocycles. The van der Waals surface area contributed by atoms with Crippen LogP contribution < -0.4 is 3.71 Å². The monoisotopic (exact) mass is 323 g/mol. The van der Waals surface area contributed by atoms with Gasteiger partial charge in [0.2, 0.25) is 0 Å². The molecule has 2 rings (SSSR count). The van der Waals surface area contributed by atoms with Gasteiger partial charge in [0.15, 0.2) is 0 Å². The Labute approximate surface area is 106 Å². The maximum atomic E-state index is 4.76. The average Bonchev–Trinajstić information content (AvgIpc) is 2.57. The van der Waals surface area contributed by atoms with Crippen molar-refractivity contribution in [2.24, 2.45) is 0 Å². The molecule has 2 radical (unpaired) electrons. The summed E-state index contributed by atoms with van der Waals surface area (Å²) in [6.45, 7) is 8.90. The third kappa shape index (κ3) is 2.24. The number of nitrogens with zero attached hydrogens (tertiary/aromatic N) is 3. The fourth-order valence-corrected chi connectivity index (χ4v) is 4.75. The first-order chi connectivity index (χ1) is 7.59. The van der Waals surface area contributed by atoms with Crippen LogP contribution in [0, 0.1) is 0 Å². The molecule has 0 saturated carbocycles. The molecule has 0 aromatic carbocycles. The summed E-state index contributed by atoms with van der Waals surface area (Å²) in [6, 6.07) is 4.56. The summed E-state index contributed by atoms with van der Waals surface area (Å²) >= 11 is -0.572. The fourth-order valence-electron chi connectivity index (χ4n) is 1.71. The Kier molecular flexibility index (Phi) is 3.52. The van der Waals surface area contributed by atoms with Crippen molar-refractivity contribution < 1.29 is 0 Å². The van der Waals surface area contributed by atoms with Gasteiger partial charge >= 0.3 is 107 Å². The normalized spacial score (nSPS) is 11.9. The van der Waals surface area contributed by atoms with E-state index in [1.54, 1.807) is 0 Å². The van der Waals surface area contributed by atoms with Crippen molar-refractivity contribution in [3.8, 4) is 0 Å². The van der Waals surface area contributed by atoms with Crippen LogP contribution in [0.4, 0.5) is 0 Å². The topological polar surface area (TPSA) is 30.7 Å². The fraction of sp³-hybridized carbons (Fsp3) is 0.500. The summed E-state index contributed by atoms with van der Waals surface area (Å²) in [4.78, 5) is 4.46. The van der Waals surface area contributed by atoms with Crippen molar-refractivity contribution in [2.75, 3.05) is 0 Å². The maximum absolute atomic E-state index is 4.76. The summed E-state index contributed by atoms with van der Waals surface area (Å²) in [5.41, 5.74) is 1.05. The van der Waals surface area contributed by atoms with E-state index >= 15 is 0 Å². The van der Waals surface area contributed by atoms with Crippen LogP contribution in [0.3, 0.4) is 0 Å². The van der Waals surface area contributed by atoms with Gasteiger partial charge in [-0.3, -0.25) is 0 Å². The minimum atomic E-state index is -0.572. The van der Waals surface area contributed by atoms with E-state index in [4.69, 9.17) is 5.10 Å². The van der Waals surface area contributed by atoms with Crippen molar-refractivity contribution in [3.63, 3.8) is 0 Å². The Morgan fingerprint density at radius 2 is 2.00 bits per heavy atom. The van der Waals surface area contributed by atoms with E-state index in [1.165, 1.54) is 9.10 Å². The van der Waals surface area contributed by atoms with Gasteiger partial charge in [-0.15, -0.1) is 0 Å². The van der Waals surface area contributed by atoms with E-state index in [-0.39, 0.29) is 0 Å². The first kappa shape index (κ1) is 11.9. The second kappa shape index (κ2) is 4.73. The predicted molar refractivity (Wildman–Crippen MR) is 68.4 cm³/mol. The van der Waals surface area contributed by atoms with E-state index in [9.17, 15) is 0 Å². The Hall–Kier alpha value is -0.581. The van der Waals surface area contributed by atoms with Crippen LogP contribution in [0.5, 0.6) is 0 Å². The van der Waals surface area contributed by atoms with Crippen molar-refractivity contribution in [1.29, 1.82) is 0 Å². The third-order valence-electron chi connectivity index (χ3n) is 2.38. The first-order valence-electron chi connectivity index (χ1n) is 5.69. The van der Waals surface area contributed by atoms with Crippen LogP contribution in [0.15, 0.2) is 18.3 Å². The molecule has 2 heterocycles. The molecule has 0 saturated heterocycles. The van der Waals surface area contributed by atoms with Gasteiger partial charge in [0, 0.05) is 0 Å². The number of aromatic nitrogens is 3. The van der Waals surface area contributed by atoms with Gasteiger partial charge in [0.25, 0.3) is 0 Å². The molecular weight excluding hydrogens is 305 g/mol. The molecule has 0 aliphatic rings. The van der Waals surface area contributed by atoms with Gasteiger partial charge in [0.05, 0.1) is 0 Å². The van der Waals surface area contributed by atoms with Gasteiger partial charge in [-0.1, -0.05) is 0 Å². The Morgan fingerprint density at radius 1 is 1.25 bits per heavy atom. The van der Waals surface area contributed by atoms with Crippen LogP contribution >= 0.6 is 0 Å². The second-order valence-corrected chi connectivity index (χ2v) is 10.0. The van der Waals surface area contributed by atoms with Crippen molar-refractivity contribution >= 4 is 35.9 Å². The molecule has 3 nitrogen and oxygen atoms in total. The van der Waals surface area contributed by atoms with Crippen LogP contribution in [0.1, 0.15) is 33.7 Å². The Morgan fingerprint density at radius 3 is 2.62 bits per heavy atom. The predicted octanol–water partition coefficient (Wildman–Crippen LogP) is 2.17. The SMILES string of the molecule is C[CH](C)[Sn][c]1nn(C(C)C)c2ncccc12. The van der Waals surface area contributed by atoms with Crippen LogP contribution in [-0.4, -0.2) is 35.9 Å². The van der Waals surface area contributed by atoms with Gasteiger partial charge in [-0.05, 0) is 0 Å². The molecule has 16 heavy (non-hydrogen) atoms. The molecule has 4 heteroatoms. The van der Waals surface area contributed by atoms with E-state index in [0.29, 0.717) is 6.04 Å². The Bertz CT molecular complexity index is 488. The molecule has 0 amide bonds. The quantitative estimate of drug-likeness (QED) is 0.811. The number of hydrogen-bond donors (Lipinski definition) is 0. The Balaban J connectivity index is 2.57. The molecule has 0 unspecified atom stereocenters. The van der Waals surface area contributed by atoms with Gasteiger partial charge < -0.3 is 0 Å². The third-order valence-corrected chi connectivity index (χ3v) is 5.86. The molecule has 0 aliphatic heterocycles. The molecule has 0 fully saturated rings. The molecule has 0 N–H and O–H groups in total. The van der Waals surface area contributed by atoms with E-state index in [1.807, 2.05) is 12.3 Å². The zero-order valence-corrected chi connectivity index (χ0v) is 13.1. The molecule has 84 valence electrons. The van der Waals surface area contributed by atoms with Crippen molar-refractivity contribution in [2.45, 2.75) is 37.7 Å². The summed E-state index contributed by atoms with van der Waals surface area (Å²) < 4.78 is 4.20. The van der Waals surface area contributed by atoms with E-state index in [2.05, 4.69) is 43.4 Å². The summed E-state index contributed by atoms with van der Waals surface area (Å²) in [5.74, 6) is 0. The van der Waals surface area contributed by atoms with Crippen molar-refractivity contribution in [1.82, 2.24) is 14.8 Å². The first-order valence-corrected chi connectivity index (χ1v) is 8.77. The van der Waals surface area contributed by atoms with Gasteiger partial charge in [-0.25, -0.2) is 0 Å². The summed E-state index contributed by atoms with van der Waals surface area (Å²) in [5, 5.41) is 6.03. The molecular formula is C12H17N3Sn. The van der Waals surface area contributed by atoms with Gasteiger partial charge in [-0.2, -0.15) is 0 Å². The minimum absolute atomic E-state index is 0.387. The van der Waals surface area contributed by atoms with Crippen LogP contribution in [-0.2, 0) is 0 Å². The number of pyridine rings is 1. The van der Waals surface area contributed by atoms with E-state index in [0.717, 1.165) is 9.58 Å². The number of rotatable bonds is 3. The summed E-state index contributed by atoms with van der Waals surface area (Å²) in [7, 11) is 0. The van der Waals surface area contributed by atoms with Crippen molar-refractivity contribution in [3.05, 3.63) is 18.3 Å². The summed E-state index contributed by atoms with van der Waals surface area (Å²) in [6.07, 6.45) is 1.85. The standard InChI is InChI=1S/C9H10N3.C3H7.Sn/c1-7(2)12-9-8(6-11-12)4-3-5-10-9;1-3-2;/h3-5,7H,1-2H3;3H,1-2H3;. The molecule has 0 atom stereocenters. The van der Waals surface area contributed by atoms with Crippen LogP contribution in [0.25, 0.3) is 11.0 Å². The van der Waals surface area contributed by atoms with Gasteiger partial charge in [0.1, 0.15) is 0 Å². The average molecular weight is 322 g/mol. The molecule has 0 bridgehead atoms. The molecule has 0 spiro atoms. The second-order valence-electron chi connectivity index (χ2n) is 4.56. The zero-order valence-electron chi connectivity index (χ0n) is 10.2. The van der Waals surface area contributed by atoms with E-state index < -0.39 is 21.1 Å².